The van der Waals surface area contributed by atoms with Crippen LogP contribution in [0.5, 0.6) is 5.75 Å². The fourth-order valence-corrected chi connectivity index (χ4v) is 4.86. The van der Waals surface area contributed by atoms with Crippen LogP contribution < -0.4 is 10.1 Å². The predicted molar refractivity (Wildman–Crippen MR) is 125 cm³/mol. The maximum atomic E-state index is 12.4. The van der Waals surface area contributed by atoms with Crippen LogP contribution in [0.15, 0.2) is 52.9 Å². The molecule has 1 heterocycles. The van der Waals surface area contributed by atoms with Crippen molar-refractivity contribution in [2.24, 2.45) is 0 Å². The van der Waals surface area contributed by atoms with Crippen molar-refractivity contribution in [1.29, 1.82) is 0 Å². The van der Waals surface area contributed by atoms with Crippen LogP contribution in [0.25, 0.3) is 11.5 Å². The third-order valence-corrected chi connectivity index (χ3v) is 6.68. The van der Waals surface area contributed by atoms with Gasteiger partial charge in [0.05, 0.1) is 18.6 Å². The molecular formula is C25H28N2O3S. The molecule has 0 aliphatic heterocycles. The van der Waals surface area contributed by atoms with Gasteiger partial charge in [-0.25, -0.2) is 4.98 Å². The van der Waals surface area contributed by atoms with Crippen molar-refractivity contribution in [2.75, 3.05) is 19.4 Å². The van der Waals surface area contributed by atoms with Crippen molar-refractivity contribution in [3.63, 3.8) is 0 Å². The van der Waals surface area contributed by atoms with Gasteiger partial charge < -0.3 is 14.5 Å². The lowest BCUT2D eigenvalue weighted by molar-refractivity contribution is -0.118. The van der Waals surface area contributed by atoms with Crippen molar-refractivity contribution in [3.8, 4) is 17.2 Å². The fraction of sp³-hybridized carbons (Fsp3) is 0.360. The molecule has 0 fully saturated rings. The SMILES string of the molecule is COc1ccc(-c2nc(CSCC(=O)NCC3CCCc4ccccc43)c(C)o2)cc1. The Bertz CT molecular complexity index is 1030. The number of aromatic nitrogens is 1. The summed E-state index contributed by atoms with van der Waals surface area (Å²) < 4.78 is 11.0. The Morgan fingerprint density at radius 2 is 2.03 bits per heavy atom. The zero-order valence-corrected chi connectivity index (χ0v) is 18.8. The summed E-state index contributed by atoms with van der Waals surface area (Å²) in [5.41, 5.74) is 4.61. The van der Waals surface area contributed by atoms with E-state index < -0.39 is 0 Å². The fourth-order valence-electron chi connectivity index (χ4n) is 4.01. The molecule has 2 aromatic carbocycles. The van der Waals surface area contributed by atoms with E-state index in [9.17, 15) is 4.79 Å². The maximum absolute atomic E-state index is 12.4. The molecule has 0 saturated carbocycles. The van der Waals surface area contributed by atoms with E-state index in [0.717, 1.165) is 35.6 Å². The lowest BCUT2D eigenvalue weighted by Gasteiger charge is -2.25. The van der Waals surface area contributed by atoms with Crippen LogP contribution >= 0.6 is 11.8 Å². The van der Waals surface area contributed by atoms with Gasteiger partial charge in [-0.1, -0.05) is 24.3 Å². The number of oxazole rings is 1. The molecule has 6 heteroatoms. The Morgan fingerprint density at radius 1 is 1.23 bits per heavy atom. The van der Waals surface area contributed by atoms with E-state index in [1.54, 1.807) is 18.9 Å². The zero-order valence-electron chi connectivity index (χ0n) is 18.0. The Balaban J connectivity index is 1.26. The zero-order chi connectivity index (χ0) is 21.6. The second-order valence-corrected chi connectivity index (χ2v) is 8.82. The van der Waals surface area contributed by atoms with Crippen molar-refractivity contribution in [3.05, 3.63) is 71.1 Å². The number of thioether (sulfide) groups is 1. The third kappa shape index (κ3) is 5.31. The first-order valence-electron chi connectivity index (χ1n) is 10.7. The van der Waals surface area contributed by atoms with E-state index >= 15 is 0 Å². The number of fused-ring (bicyclic) bond motifs is 1. The molecule has 1 N–H and O–H groups in total. The minimum Gasteiger partial charge on any atom is -0.497 e. The molecule has 4 rings (SSSR count). The van der Waals surface area contributed by atoms with Crippen molar-refractivity contribution >= 4 is 17.7 Å². The number of ether oxygens (including phenoxy) is 1. The number of nitrogens with zero attached hydrogens (tertiary/aromatic N) is 1. The monoisotopic (exact) mass is 436 g/mol. The minimum atomic E-state index is 0.0737. The number of amides is 1. The van der Waals surface area contributed by atoms with E-state index in [1.165, 1.54) is 17.5 Å². The Morgan fingerprint density at radius 3 is 2.84 bits per heavy atom. The van der Waals surface area contributed by atoms with Gasteiger partial charge in [-0.3, -0.25) is 4.79 Å². The Labute approximate surface area is 187 Å². The van der Waals surface area contributed by atoms with Gasteiger partial charge in [0.15, 0.2) is 0 Å². The largest absolute Gasteiger partial charge is 0.497 e. The standard InChI is InChI=1S/C25H28N2O3S/c1-17-23(27-25(30-17)19-10-12-21(29-2)13-11-19)15-31-16-24(28)26-14-20-8-5-7-18-6-3-4-9-22(18)20/h3-4,6,9-13,20H,5,7-8,14-16H2,1-2H3,(H,26,28). The highest BCUT2D eigenvalue weighted by molar-refractivity contribution is 7.99. The number of nitrogens with one attached hydrogen (secondary N) is 1. The number of rotatable bonds is 8. The molecule has 1 aliphatic carbocycles. The molecule has 1 aliphatic rings. The quantitative estimate of drug-likeness (QED) is 0.530. The van der Waals surface area contributed by atoms with Gasteiger partial charge in [-0.05, 0) is 61.6 Å². The summed E-state index contributed by atoms with van der Waals surface area (Å²) in [6, 6.07) is 16.2. The number of carbonyl (C=O) groups excluding carboxylic acids is 1. The van der Waals surface area contributed by atoms with Crippen molar-refractivity contribution < 1.29 is 13.9 Å². The molecule has 1 unspecified atom stereocenters. The molecule has 1 aromatic heterocycles. The number of hydrogen-bond acceptors (Lipinski definition) is 5. The molecule has 1 amide bonds. The van der Waals surface area contributed by atoms with Crippen LogP contribution in [-0.2, 0) is 17.0 Å². The summed E-state index contributed by atoms with van der Waals surface area (Å²) in [6.07, 6.45) is 3.47. The summed E-state index contributed by atoms with van der Waals surface area (Å²) >= 11 is 1.56. The van der Waals surface area contributed by atoms with Crippen LogP contribution in [0.4, 0.5) is 0 Å². The summed E-state index contributed by atoms with van der Waals surface area (Å²) in [6.45, 7) is 2.62. The predicted octanol–water partition coefficient (Wildman–Crippen LogP) is 5.13. The highest BCUT2D eigenvalue weighted by Gasteiger charge is 2.20. The van der Waals surface area contributed by atoms with Gasteiger partial charge in [-0.15, -0.1) is 11.8 Å². The first-order chi connectivity index (χ1) is 15.1. The molecule has 0 saturated heterocycles. The van der Waals surface area contributed by atoms with Gasteiger partial charge in [0.25, 0.3) is 0 Å². The van der Waals surface area contributed by atoms with E-state index in [-0.39, 0.29) is 5.91 Å². The average Bonchev–Trinajstić information content (AvgIpc) is 3.18. The molecule has 0 spiro atoms. The van der Waals surface area contributed by atoms with Crippen LogP contribution in [0.1, 0.15) is 41.3 Å². The van der Waals surface area contributed by atoms with E-state index in [1.807, 2.05) is 31.2 Å². The van der Waals surface area contributed by atoms with E-state index in [0.29, 0.717) is 29.9 Å². The number of benzene rings is 2. The molecule has 162 valence electrons. The maximum Gasteiger partial charge on any atom is 0.230 e. The molecule has 5 nitrogen and oxygen atoms in total. The third-order valence-electron chi connectivity index (χ3n) is 5.74. The van der Waals surface area contributed by atoms with Crippen LogP contribution in [-0.4, -0.2) is 30.3 Å². The number of aryl methyl sites for hydroxylation is 2. The van der Waals surface area contributed by atoms with Gasteiger partial charge in [0.1, 0.15) is 11.5 Å². The summed E-state index contributed by atoms with van der Waals surface area (Å²) in [5, 5.41) is 3.12. The number of hydrogen-bond donors (Lipinski definition) is 1. The highest BCUT2D eigenvalue weighted by atomic mass is 32.2. The van der Waals surface area contributed by atoms with E-state index in [2.05, 4.69) is 34.6 Å². The number of carbonyl (C=O) groups is 1. The average molecular weight is 437 g/mol. The summed E-state index contributed by atoms with van der Waals surface area (Å²) in [7, 11) is 1.64. The van der Waals surface area contributed by atoms with Crippen LogP contribution in [0.2, 0.25) is 0 Å². The second kappa shape index (κ2) is 10.1. The smallest absolute Gasteiger partial charge is 0.230 e. The highest BCUT2D eigenvalue weighted by Crippen LogP contribution is 2.31. The molecular weight excluding hydrogens is 408 g/mol. The lowest BCUT2D eigenvalue weighted by atomic mass is 9.83. The normalized spacial score (nSPS) is 15.4. The van der Waals surface area contributed by atoms with Gasteiger partial charge in [0.2, 0.25) is 11.8 Å². The number of methoxy groups -OCH3 is 1. The van der Waals surface area contributed by atoms with E-state index in [4.69, 9.17) is 9.15 Å². The Hall–Kier alpha value is -2.73. The Kier molecular flexibility index (Phi) is 6.97. The summed E-state index contributed by atoms with van der Waals surface area (Å²) in [4.78, 5) is 17.0. The molecule has 0 radical (unpaired) electrons. The topological polar surface area (TPSA) is 64.4 Å². The van der Waals surface area contributed by atoms with Gasteiger partial charge in [0, 0.05) is 23.8 Å². The minimum absolute atomic E-state index is 0.0737. The molecule has 1 atom stereocenters. The van der Waals surface area contributed by atoms with Gasteiger partial charge in [-0.2, -0.15) is 0 Å². The summed E-state index contributed by atoms with van der Waals surface area (Å²) in [5.74, 6) is 3.73. The second-order valence-electron chi connectivity index (χ2n) is 7.84. The van der Waals surface area contributed by atoms with Gasteiger partial charge >= 0.3 is 0 Å². The van der Waals surface area contributed by atoms with Crippen molar-refractivity contribution in [2.45, 2.75) is 37.9 Å². The lowest BCUT2D eigenvalue weighted by Crippen LogP contribution is -2.31. The molecule has 3 aromatic rings. The first kappa shape index (κ1) is 21.5. The first-order valence-corrected chi connectivity index (χ1v) is 11.8. The van der Waals surface area contributed by atoms with Crippen LogP contribution in [0.3, 0.4) is 0 Å². The van der Waals surface area contributed by atoms with Crippen LogP contribution in [0, 0.1) is 6.92 Å². The van der Waals surface area contributed by atoms with Crippen molar-refractivity contribution in [1.82, 2.24) is 10.3 Å². The molecule has 31 heavy (non-hydrogen) atoms. The molecule has 0 bridgehead atoms.